The molecule has 1 atom stereocenters. The first-order valence-electron chi connectivity index (χ1n) is 13.7. The molecular weight excluding hydrogens is 561 g/mol. The maximum atomic E-state index is 13.6. The molecule has 0 unspecified atom stereocenters. The van der Waals surface area contributed by atoms with Gasteiger partial charge >= 0.3 is 0 Å². The molecule has 9 nitrogen and oxygen atoms in total. The number of benzene rings is 2. The average Bonchev–Trinajstić information content (AvgIpc) is 3.53. The summed E-state index contributed by atoms with van der Waals surface area (Å²) in [5.74, 6) is 0.922. The minimum absolute atomic E-state index is 0.109. The first kappa shape index (κ1) is 28.6. The van der Waals surface area contributed by atoms with Crippen molar-refractivity contribution in [2.45, 2.75) is 51.1 Å². The molecule has 1 aliphatic carbocycles. The van der Waals surface area contributed by atoms with Gasteiger partial charge in [-0.05, 0) is 42.2 Å². The molecule has 2 amide bonds. The Bertz CT molecular complexity index is 1480. The number of nitrogens with one attached hydrogen (secondary N) is 3. The molecule has 1 fully saturated rings. The molecule has 2 aromatic carbocycles. The highest BCUT2D eigenvalue weighted by Gasteiger charge is 2.25. The number of carbonyl (C=O) groups is 2. The molecule has 1 aliphatic rings. The number of aromatic nitrogens is 4. The van der Waals surface area contributed by atoms with Gasteiger partial charge in [0, 0.05) is 40.6 Å². The predicted molar refractivity (Wildman–Crippen MR) is 160 cm³/mol. The van der Waals surface area contributed by atoms with Crippen LogP contribution in [0.2, 0.25) is 10.0 Å². The maximum absolute atomic E-state index is 13.6. The monoisotopic (exact) mass is 591 g/mol. The van der Waals surface area contributed by atoms with Crippen LogP contribution in [0.3, 0.4) is 0 Å². The molecule has 0 bridgehead atoms. The third-order valence-corrected chi connectivity index (χ3v) is 7.73. The van der Waals surface area contributed by atoms with Gasteiger partial charge in [-0.1, -0.05) is 79.6 Å². The number of imidazole rings is 1. The fourth-order valence-corrected chi connectivity index (χ4v) is 5.47. The molecule has 1 saturated carbocycles. The SMILES string of the molecule is O=C(Nc1nc(N[C@H](CC2CCCCC2)C(=O)NCc2ccc(Cl)cc2Cl)cc(-n2ccnc2)n1)c1ccccc1. The summed E-state index contributed by atoms with van der Waals surface area (Å²) in [5, 5.41) is 10.2. The van der Waals surface area contributed by atoms with Crippen molar-refractivity contribution >= 4 is 46.8 Å². The zero-order valence-electron chi connectivity index (χ0n) is 22.4. The van der Waals surface area contributed by atoms with Gasteiger partial charge in [-0.2, -0.15) is 9.97 Å². The topological polar surface area (TPSA) is 114 Å². The fourth-order valence-electron chi connectivity index (χ4n) is 4.99. The number of hydrogen-bond donors (Lipinski definition) is 3. The zero-order chi connectivity index (χ0) is 28.6. The molecule has 0 aliphatic heterocycles. The third kappa shape index (κ3) is 7.83. The Labute approximate surface area is 248 Å². The minimum Gasteiger partial charge on any atom is -0.358 e. The number of hydrogen-bond acceptors (Lipinski definition) is 6. The third-order valence-electron chi connectivity index (χ3n) is 7.14. The summed E-state index contributed by atoms with van der Waals surface area (Å²) in [6, 6.07) is 15.2. The van der Waals surface area contributed by atoms with E-state index in [0.29, 0.717) is 39.6 Å². The van der Waals surface area contributed by atoms with E-state index in [1.54, 1.807) is 71.8 Å². The lowest BCUT2D eigenvalue weighted by molar-refractivity contribution is -0.122. The van der Waals surface area contributed by atoms with Gasteiger partial charge in [0.15, 0.2) is 0 Å². The van der Waals surface area contributed by atoms with E-state index in [4.69, 9.17) is 23.2 Å². The summed E-state index contributed by atoms with van der Waals surface area (Å²) < 4.78 is 1.71. The van der Waals surface area contributed by atoms with Gasteiger partial charge in [-0.3, -0.25) is 19.5 Å². The number of carbonyl (C=O) groups excluding carboxylic acids is 2. The maximum Gasteiger partial charge on any atom is 0.258 e. The van der Waals surface area contributed by atoms with Crippen molar-refractivity contribution in [1.82, 2.24) is 24.8 Å². The van der Waals surface area contributed by atoms with Crippen molar-refractivity contribution in [1.29, 1.82) is 0 Å². The smallest absolute Gasteiger partial charge is 0.258 e. The van der Waals surface area contributed by atoms with E-state index in [1.807, 2.05) is 6.07 Å². The van der Waals surface area contributed by atoms with Gasteiger partial charge in [0.25, 0.3) is 5.91 Å². The molecular formula is C30H31Cl2N7O2. The highest BCUT2D eigenvalue weighted by Crippen LogP contribution is 2.29. The van der Waals surface area contributed by atoms with Crippen LogP contribution in [0.25, 0.3) is 5.82 Å². The van der Waals surface area contributed by atoms with Crippen LogP contribution in [-0.4, -0.2) is 37.4 Å². The summed E-state index contributed by atoms with van der Waals surface area (Å²) in [6.07, 6.45) is 11.3. The lowest BCUT2D eigenvalue weighted by Gasteiger charge is -2.27. The lowest BCUT2D eigenvalue weighted by atomic mass is 9.84. The Hall–Kier alpha value is -3.95. The van der Waals surface area contributed by atoms with Crippen molar-refractivity contribution < 1.29 is 9.59 Å². The van der Waals surface area contributed by atoms with Crippen LogP contribution in [0.5, 0.6) is 0 Å². The van der Waals surface area contributed by atoms with Crippen LogP contribution in [0, 0.1) is 5.92 Å². The molecule has 0 radical (unpaired) electrons. The van der Waals surface area contributed by atoms with Gasteiger partial charge in [0.2, 0.25) is 11.9 Å². The molecule has 2 aromatic heterocycles. The molecule has 11 heteroatoms. The lowest BCUT2D eigenvalue weighted by Crippen LogP contribution is -2.41. The summed E-state index contributed by atoms with van der Waals surface area (Å²) >= 11 is 12.4. The Morgan fingerprint density at radius 3 is 2.54 bits per heavy atom. The van der Waals surface area contributed by atoms with Crippen molar-refractivity contribution in [3.8, 4) is 5.82 Å². The van der Waals surface area contributed by atoms with Crippen LogP contribution in [0.4, 0.5) is 11.8 Å². The number of amides is 2. The predicted octanol–water partition coefficient (Wildman–Crippen LogP) is 6.29. The molecule has 0 saturated heterocycles. The second kappa shape index (κ2) is 13.6. The van der Waals surface area contributed by atoms with Gasteiger partial charge in [-0.25, -0.2) is 4.98 Å². The number of nitrogens with zero attached hydrogens (tertiary/aromatic N) is 4. The second-order valence-electron chi connectivity index (χ2n) is 10.1. The van der Waals surface area contributed by atoms with Crippen LogP contribution >= 0.6 is 23.2 Å². The molecule has 212 valence electrons. The number of halogens is 2. The Balaban J connectivity index is 1.39. The van der Waals surface area contributed by atoms with Crippen molar-refractivity contribution in [2.75, 3.05) is 10.6 Å². The van der Waals surface area contributed by atoms with Crippen LogP contribution < -0.4 is 16.0 Å². The van der Waals surface area contributed by atoms with E-state index in [1.165, 1.54) is 6.42 Å². The van der Waals surface area contributed by atoms with E-state index >= 15 is 0 Å². The van der Waals surface area contributed by atoms with E-state index in [2.05, 4.69) is 30.9 Å². The average molecular weight is 593 g/mol. The Morgan fingerprint density at radius 1 is 1.00 bits per heavy atom. The molecule has 0 spiro atoms. The summed E-state index contributed by atoms with van der Waals surface area (Å²) in [4.78, 5) is 39.6. The molecule has 4 aromatic rings. The van der Waals surface area contributed by atoms with E-state index < -0.39 is 6.04 Å². The van der Waals surface area contributed by atoms with E-state index in [9.17, 15) is 9.59 Å². The Kier molecular flexibility index (Phi) is 9.48. The Morgan fingerprint density at radius 2 is 1.80 bits per heavy atom. The quantitative estimate of drug-likeness (QED) is 0.200. The number of rotatable bonds is 10. The molecule has 3 N–H and O–H groups in total. The number of anilines is 2. The summed E-state index contributed by atoms with van der Waals surface area (Å²) in [7, 11) is 0. The molecule has 2 heterocycles. The van der Waals surface area contributed by atoms with Crippen LogP contribution in [0.15, 0.2) is 73.3 Å². The fraction of sp³-hybridized carbons (Fsp3) is 0.300. The van der Waals surface area contributed by atoms with Crippen LogP contribution in [0.1, 0.15) is 54.4 Å². The minimum atomic E-state index is -0.563. The first-order chi connectivity index (χ1) is 19.9. The summed E-state index contributed by atoms with van der Waals surface area (Å²) in [6.45, 7) is 0.264. The zero-order valence-corrected chi connectivity index (χ0v) is 23.9. The van der Waals surface area contributed by atoms with Crippen molar-refractivity contribution in [3.05, 3.63) is 94.5 Å². The summed E-state index contributed by atoms with van der Waals surface area (Å²) in [5.41, 5.74) is 1.25. The largest absolute Gasteiger partial charge is 0.358 e. The van der Waals surface area contributed by atoms with Crippen LogP contribution in [-0.2, 0) is 11.3 Å². The highest BCUT2D eigenvalue weighted by molar-refractivity contribution is 6.35. The second-order valence-corrected chi connectivity index (χ2v) is 11.0. The van der Waals surface area contributed by atoms with Gasteiger partial charge in [-0.15, -0.1) is 0 Å². The van der Waals surface area contributed by atoms with Crippen molar-refractivity contribution in [3.63, 3.8) is 0 Å². The first-order valence-corrected chi connectivity index (χ1v) is 14.4. The van der Waals surface area contributed by atoms with E-state index in [-0.39, 0.29) is 24.3 Å². The standard InChI is InChI=1S/C30H31Cl2N7O2/c31-23-12-11-22(24(32)16-23)18-34-29(41)25(15-20-7-3-1-4-8-20)35-26-17-27(39-14-13-33-19-39)37-30(36-26)38-28(40)21-9-5-2-6-10-21/h2,5-6,9-14,16-17,19-20,25H,1,3-4,7-8,15,18H2,(H,34,41)(H2,35,36,37,38,40)/t25-/m1/s1. The molecule has 41 heavy (non-hydrogen) atoms. The van der Waals surface area contributed by atoms with Gasteiger partial charge in [0.05, 0.1) is 0 Å². The highest BCUT2D eigenvalue weighted by atomic mass is 35.5. The molecule has 5 rings (SSSR count). The van der Waals surface area contributed by atoms with Crippen molar-refractivity contribution in [2.24, 2.45) is 5.92 Å². The van der Waals surface area contributed by atoms with Gasteiger partial charge in [0.1, 0.15) is 24.0 Å². The normalized spacial score (nSPS) is 14.3. The van der Waals surface area contributed by atoms with E-state index in [0.717, 1.165) is 31.2 Å². The van der Waals surface area contributed by atoms with Gasteiger partial charge < -0.3 is 10.6 Å².